The third kappa shape index (κ3) is 3.28. The van der Waals surface area contributed by atoms with E-state index in [1.807, 2.05) is 26.0 Å². The first kappa shape index (κ1) is 18.1. The van der Waals surface area contributed by atoms with E-state index in [-0.39, 0.29) is 5.92 Å². The largest absolute Gasteiger partial charge is 0.493 e. The third-order valence-corrected chi connectivity index (χ3v) is 4.14. The highest BCUT2D eigenvalue weighted by atomic mass is 16.5. The number of ether oxygens (including phenoxy) is 3. The van der Waals surface area contributed by atoms with E-state index in [1.165, 1.54) is 0 Å². The lowest BCUT2D eigenvalue weighted by molar-refractivity contribution is 0.317. The van der Waals surface area contributed by atoms with E-state index in [0.29, 0.717) is 30.2 Å². The summed E-state index contributed by atoms with van der Waals surface area (Å²) >= 11 is 0. The summed E-state index contributed by atoms with van der Waals surface area (Å²) in [6.45, 7) is 4.65. The van der Waals surface area contributed by atoms with Gasteiger partial charge in [0.05, 0.1) is 32.8 Å². The maximum Gasteiger partial charge on any atom is 0.203 e. The number of hydrogen-bond donors (Lipinski definition) is 1. The molecule has 0 bridgehead atoms. The van der Waals surface area contributed by atoms with Crippen molar-refractivity contribution in [1.82, 2.24) is 0 Å². The number of nitrogens with two attached hydrogens (primary N) is 1. The molecule has 1 rings (SSSR count). The van der Waals surface area contributed by atoms with Gasteiger partial charge in [0.2, 0.25) is 5.75 Å². The van der Waals surface area contributed by atoms with Crippen molar-refractivity contribution >= 4 is 0 Å². The fourth-order valence-electron chi connectivity index (χ4n) is 2.74. The predicted octanol–water partition coefficient (Wildman–Crippen LogP) is 2.87. The van der Waals surface area contributed by atoms with Gasteiger partial charge in [-0.2, -0.15) is 5.26 Å². The standard InChI is InChI=1S/C17H26N2O3/c1-12(2)17(11-19,7-6-8-18)13-9-14(20-3)16(22-5)15(10-13)21-4/h9-10,12H,6-8,18H2,1-5H3. The molecule has 0 saturated heterocycles. The molecule has 122 valence electrons. The Morgan fingerprint density at radius 1 is 1.14 bits per heavy atom. The van der Waals surface area contributed by atoms with Gasteiger partial charge in [-0.25, -0.2) is 0 Å². The van der Waals surface area contributed by atoms with Crippen LogP contribution in [0.5, 0.6) is 17.2 Å². The summed E-state index contributed by atoms with van der Waals surface area (Å²) in [6, 6.07) is 6.22. The van der Waals surface area contributed by atoms with E-state index in [4.69, 9.17) is 19.9 Å². The molecule has 2 N–H and O–H groups in total. The summed E-state index contributed by atoms with van der Waals surface area (Å²) in [7, 11) is 4.71. The van der Waals surface area contributed by atoms with Crippen molar-refractivity contribution in [2.45, 2.75) is 32.1 Å². The first-order valence-electron chi connectivity index (χ1n) is 7.42. The van der Waals surface area contributed by atoms with Crippen molar-refractivity contribution < 1.29 is 14.2 Å². The van der Waals surface area contributed by atoms with Gasteiger partial charge in [0.15, 0.2) is 11.5 Å². The van der Waals surface area contributed by atoms with Crippen LogP contribution in [-0.2, 0) is 5.41 Å². The van der Waals surface area contributed by atoms with Gasteiger partial charge < -0.3 is 19.9 Å². The summed E-state index contributed by atoms with van der Waals surface area (Å²) in [5, 5.41) is 9.88. The lowest BCUT2D eigenvalue weighted by atomic mass is 9.69. The summed E-state index contributed by atoms with van der Waals surface area (Å²) in [5.74, 6) is 1.78. The van der Waals surface area contributed by atoms with E-state index >= 15 is 0 Å². The van der Waals surface area contributed by atoms with Crippen LogP contribution in [0.2, 0.25) is 0 Å². The Morgan fingerprint density at radius 3 is 2.00 bits per heavy atom. The van der Waals surface area contributed by atoms with Crippen LogP contribution in [0.3, 0.4) is 0 Å². The van der Waals surface area contributed by atoms with Gasteiger partial charge in [-0.1, -0.05) is 13.8 Å². The van der Waals surface area contributed by atoms with Crippen molar-refractivity contribution in [3.05, 3.63) is 17.7 Å². The van der Waals surface area contributed by atoms with Crippen LogP contribution in [0.25, 0.3) is 0 Å². The van der Waals surface area contributed by atoms with Gasteiger partial charge in [-0.15, -0.1) is 0 Å². The first-order valence-corrected chi connectivity index (χ1v) is 7.42. The molecule has 0 heterocycles. The Hall–Kier alpha value is -1.93. The Bertz CT molecular complexity index is 512. The van der Waals surface area contributed by atoms with Crippen molar-refractivity contribution in [2.24, 2.45) is 11.7 Å². The predicted molar refractivity (Wildman–Crippen MR) is 86.5 cm³/mol. The van der Waals surface area contributed by atoms with E-state index in [0.717, 1.165) is 12.0 Å². The van der Waals surface area contributed by atoms with Crippen LogP contribution in [0.15, 0.2) is 12.1 Å². The van der Waals surface area contributed by atoms with Gasteiger partial charge in [0, 0.05) is 0 Å². The quantitative estimate of drug-likeness (QED) is 0.799. The molecular weight excluding hydrogens is 280 g/mol. The lowest BCUT2D eigenvalue weighted by Crippen LogP contribution is -2.31. The SMILES string of the molecule is COc1cc(C(C#N)(CCCN)C(C)C)cc(OC)c1OC. The summed E-state index contributed by atoms with van der Waals surface area (Å²) < 4.78 is 16.2. The molecule has 0 aliphatic heterocycles. The molecule has 0 saturated carbocycles. The topological polar surface area (TPSA) is 77.5 Å². The van der Waals surface area contributed by atoms with Crippen LogP contribution in [-0.4, -0.2) is 27.9 Å². The van der Waals surface area contributed by atoms with E-state index in [2.05, 4.69) is 6.07 Å². The molecule has 0 aromatic heterocycles. The molecule has 0 amide bonds. The van der Waals surface area contributed by atoms with Crippen LogP contribution in [0.1, 0.15) is 32.3 Å². The fourth-order valence-corrected chi connectivity index (χ4v) is 2.74. The van der Waals surface area contributed by atoms with Crippen LogP contribution < -0.4 is 19.9 Å². The van der Waals surface area contributed by atoms with Crippen molar-refractivity contribution in [3.63, 3.8) is 0 Å². The number of hydrogen-bond acceptors (Lipinski definition) is 5. The normalized spacial score (nSPS) is 13.4. The van der Waals surface area contributed by atoms with Gasteiger partial charge in [-0.3, -0.25) is 0 Å². The van der Waals surface area contributed by atoms with Crippen molar-refractivity contribution in [1.29, 1.82) is 5.26 Å². The van der Waals surface area contributed by atoms with Crippen LogP contribution in [0, 0.1) is 17.2 Å². The molecule has 5 nitrogen and oxygen atoms in total. The highest BCUT2D eigenvalue weighted by Gasteiger charge is 2.37. The van der Waals surface area contributed by atoms with Gasteiger partial charge in [0.25, 0.3) is 0 Å². The van der Waals surface area contributed by atoms with Gasteiger partial charge in [-0.05, 0) is 43.0 Å². The zero-order valence-corrected chi connectivity index (χ0v) is 14.1. The summed E-state index contributed by atoms with van der Waals surface area (Å²) in [5.41, 5.74) is 5.88. The zero-order chi connectivity index (χ0) is 16.8. The number of nitriles is 1. The maximum absolute atomic E-state index is 9.88. The van der Waals surface area contributed by atoms with Crippen molar-refractivity contribution in [3.8, 4) is 23.3 Å². The van der Waals surface area contributed by atoms with E-state index in [1.54, 1.807) is 21.3 Å². The minimum absolute atomic E-state index is 0.131. The Labute approximate surface area is 133 Å². The molecule has 0 fully saturated rings. The average Bonchev–Trinajstić information content (AvgIpc) is 2.54. The van der Waals surface area contributed by atoms with Gasteiger partial charge in [0.1, 0.15) is 0 Å². The third-order valence-electron chi connectivity index (χ3n) is 4.14. The monoisotopic (exact) mass is 306 g/mol. The molecule has 0 spiro atoms. The number of methoxy groups -OCH3 is 3. The molecular formula is C17H26N2O3. The molecule has 5 heteroatoms. The Kier molecular flexibility index (Phi) is 6.51. The molecule has 0 radical (unpaired) electrons. The minimum Gasteiger partial charge on any atom is -0.493 e. The number of benzene rings is 1. The highest BCUT2D eigenvalue weighted by molar-refractivity contribution is 5.56. The van der Waals surface area contributed by atoms with Crippen LogP contribution >= 0.6 is 0 Å². The Morgan fingerprint density at radius 2 is 1.68 bits per heavy atom. The Balaban J connectivity index is 3.52. The molecule has 0 aliphatic carbocycles. The zero-order valence-electron chi connectivity index (χ0n) is 14.1. The summed E-state index contributed by atoms with van der Waals surface area (Å²) in [6.07, 6.45) is 1.47. The molecule has 1 aromatic carbocycles. The number of nitrogens with zero attached hydrogens (tertiary/aromatic N) is 1. The summed E-state index contributed by atoms with van der Waals surface area (Å²) in [4.78, 5) is 0. The van der Waals surface area contributed by atoms with Gasteiger partial charge >= 0.3 is 0 Å². The second-order valence-corrected chi connectivity index (χ2v) is 5.54. The molecule has 1 atom stereocenters. The highest BCUT2D eigenvalue weighted by Crippen LogP contribution is 2.45. The van der Waals surface area contributed by atoms with E-state index < -0.39 is 5.41 Å². The first-order chi connectivity index (χ1) is 10.5. The minimum atomic E-state index is -0.633. The molecule has 1 aromatic rings. The molecule has 22 heavy (non-hydrogen) atoms. The van der Waals surface area contributed by atoms with Crippen LogP contribution in [0.4, 0.5) is 0 Å². The molecule has 0 aliphatic rings. The lowest BCUT2D eigenvalue weighted by Gasteiger charge is -2.32. The smallest absolute Gasteiger partial charge is 0.203 e. The van der Waals surface area contributed by atoms with Crippen molar-refractivity contribution in [2.75, 3.05) is 27.9 Å². The molecule has 1 unspecified atom stereocenters. The van der Waals surface area contributed by atoms with E-state index in [9.17, 15) is 5.26 Å². The average molecular weight is 306 g/mol. The second-order valence-electron chi connectivity index (χ2n) is 5.54. The number of rotatable bonds is 8. The maximum atomic E-state index is 9.88. The fraction of sp³-hybridized carbons (Fsp3) is 0.588. The second kappa shape index (κ2) is 7.90.